The van der Waals surface area contributed by atoms with Crippen LogP contribution in [0.5, 0.6) is 0 Å². The molecule has 1 aliphatic rings. The normalized spacial score (nSPS) is 15.5. The third kappa shape index (κ3) is 2.73. The minimum absolute atomic E-state index is 0.181. The Morgan fingerprint density at radius 3 is 2.93 bits per heavy atom. The number of nitrogens with one attached hydrogen (secondary N) is 2. The van der Waals surface area contributed by atoms with Crippen LogP contribution in [-0.4, -0.2) is 45.5 Å². The van der Waals surface area contributed by atoms with E-state index in [1.807, 2.05) is 12.3 Å². The molecule has 0 bridgehead atoms. The van der Waals surface area contributed by atoms with Crippen LogP contribution in [0.15, 0.2) is 45.9 Å². The van der Waals surface area contributed by atoms with Gasteiger partial charge >= 0.3 is 0 Å². The summed E-state index contributed by atoms with van der Waals surface area (Å²) in [5.74, 6) is 0.847. The number of hydrogen-bond acceptors (Lipinski definition) is 6. The molecule has 146 valence electrons. The van der Waals surface area contributed by atoms with E-state index in [9.17, 15) is 4.79 Å². The molecule has 0 unspecified atom stereocenters. The maximum atomic E-state index is 12.6. The molecule has 0 spiro atoms. The molecule has 0 atom stereocenters. The molecule has 1 aromatic carbocycles. The topological polar surface area (TPSA) is 101 Å². The molecule has 2 N–H and O–H groups in total. The standard InChI is InChI=1S/C21H17BN6O2/c22-13-1-2-16-14(7-13)18-19(30-16)21(29)26-20(25-18)12-9-24-17-8-15(27-28(17)10-12)11-3-5-23-6-4-11/h1-2,7-11,23H,3-6H2,(H,25,26,29). The maximum absolute atomic E-state index is 12.6. The quantitative estimate of drug-likeness (QED) is 0.440. The fourth-order valence-electron chi connectivity index (χ4n) is 4.14. The first-order chi connectivity index (χ1) is 14.7. The number of nitrogens with zero attached hydrogens (tertiary/aromatic N) is 4. The van der Waals surface area contributed by atoms with E-state index in [0.717, 1.165) is 37.3 Å². The van der Waals surface area contributed by atoms with Gasteiger partial charge in [0.15, 0.2) is 5.65 Å². The Hall–Kier alpha value is -3.46. The van der Waals surface area contributed by atoms with Crippen molar-refractivity contribution in [3.63, 3.8) is 0 Å². The van der Waals surface area contributed by atoms with Crippen LogP contribution in [0.1, 0.15) is 24.5 Å². The maximum Gasteiger partial charge on any atom is 0.294 e. The van der Waals surface area contributed by atoms with Gasteiger partial charge in [0.25, 0.3) is 5.56 Å². The van der Waals surface area contributed by atoms with E-state index in [4.69, 9.17) is 17.4 Å². The van der Waals surface area contributed by atoms with Crippen LogP contribution >= 0.6 is 0 Å². The molecule has 0 aliphatic carbocycles. The Morgan fingerprint density at radius 2 is 2.07 bits per heavy atom. The summed E-state index contributed by atoms with van der Waals surface area (Å²) in [6.07, 6.45) is 5.68. The summed E-state index contributed by atoms with van der Waals surface area (Å²) < 4.78 is 7.42. The Kier molecular flexibility index (Phi) is 3.79. The van der Waals surface area contributed by atoms with Crippen molar-refractivity contribution < 1.29 is 4.42 Å². The number of furan rings is 1. The minimum Gasteiger partial charge on any atom is -0.449 e. The van der Waals surface area contributed by atoms with Crippen LogP contribution in [0, 0.1) is 0 Å². The van der Waals surface area contributed by atoms with E-state index in [2.05, 4.69) is 20.3 Å². The first-order valence-electron chi connectivity index (χ1n) is 9.94. The number of benzene rings is 1. The molecule has 4 aromatic heterocycles. The van der Waals surface area contributed by atoms with Gasteiger partial charge in [-0.25, -0.2) is 14.5 Å². The van der Waals surface area contributed by atoms with Crippen molar-refractivity contribution in [1.29, 1.82) is 0 Å². The van der Waals surface area contributed by atoms with Crippen molar-refractivity contribution in [3.8, 4) is 11.4 Å². The third-order valence-corrected chi connectivity index (χ3v) is 5.71. The van der Waals surface area contributed by atoms with Gasteiger partial charge < -0.3 is 14.7 Å². The number of aromatic amines is 1. The summed E-state index contributed by atoms with van der Waals surface area (Å²) in [4.78, 5) is 24.6. The molecule has 8 nitrogen and oxygen atoms in total. The van der Waals surface area contributed by atoms with Crippen molar-refractivity contribution in [2.75, 3.05) is 13.1 Å². The average molecular weight is 396 g/mol. The fraction of sp³-hybridized carbons (Fsp3) is 0.238. The number of fused-ring (bicyclic) bond motifs is 4. The fourth-order valence-corrected chi connectivity index (χ4v) is 4.14. The molecule has 1 saturated heterocycles. The number of rotatable bonds is 2. The highest BCUT2D eigenvalue weighted by Gasteiger charge is 2.19. The second kappa shape index (κ2) is 6.53. The minimum atomic E-state index is -0.347. The lowest BCUT2D eigenvalue weighted by Gasteiger charge is -2.20. The average Bonchev–Trinajstić information content (AvgIpc) is 3.35. The number of aromatic nitrogens is 5. The summed E-state index contributed by atoms with van der Waals surface area (Å²) in [6, 6.07) is 7.27. The van der Waals surface area contributed by atoms with Gasteiger partial charge in [-0.2, -0.15) is 5.10 Å². The molecule has 5 heterocycles. The number of H-pyrrole nitrogens is 1. The summed E-state index contributed by atoms with van der Waals surface area (Å²) in [5.41, 5.74) is 3.96. The van der Waals surface area contributed by atoms with E-state index >= 15 is 0 Å². The molecular formula is C21H17BN6O2. The summed E-state index contributed by atoms with van der Waals surface area (Å²) in [7, 11) is 5.91. The predicted octanol–water partition coefficient (Wildman–Crippen LogP) is 1.64. The van der Waals surface area contributed by atoms with Crippen molar-refractivity contribution >= 4 is 41.0 Å². The second-order valence-electron chi connectivity index (χ2n) is 7.69. The Bertz CT molecular complexity index is 1480. The molecule has 1 aliphatic heterocycles. The van der Waals surface area contributed by atoms with Gasteiger partial charge in [0, 0.05) is 29.8 Å². The molecule has 1 fully saturated rings. The van der Waals surface area contributed by atoms with Gasteiger partial charge in [-0.1, -0.05) is 17.6 Å². The van der Waals surface area contributed by atoms with Crippen molar-refractivity contribution in [2.24, 2.45) is 0 Å². The zero-order chi connectivity index (χ0) is 20.2. The highest BCUT2D eigenvalue weighted by Crippen LogP contribution is 2.27. The molecule has 9 heteroatoms. The second-order valence-corrected chi connectivity index (χ2v) is 7.69. The van der Waals surface area contributed by atoms with Crippen LogP contribution in [0.2, 0.25) is 0 Å². The first-order valence-corrected chi connectivity index (χ1v) is 9.94. The first kappa shape index (κ1) is 17.4. The molecule has 6 rings (SSSR count). The van der Waals surface area contributed by atoms with Crippen molar-refractivity contribution in [1.82, 2.24) is 29.9 Å². The van der Waals surface area contributed by atoms with Gasteiger partial charge in [0.1, 0.15) is 24.8 Å². The van der Waals surface area contributed by atoms with E-state index in [-0.39, 0.29) is 11.1 Å². The molecule has 30 heavy (non-hydrogen) atoms. The van der Waals surface area contributed by atoms with E-state index in [1.165, 1.54) is 0 Å². The monoisotopic (exact) mass is 396 g/mol. The van der Waals surface area contributed by atoms with Gasteiger partial charge in [-0.15, -0.1) is 0 Å². The molecule has 5 aromatic rings. The predicted molar refractivity (Wildman–Crippen MR) is 114 cm³/mol. The van der Waals surface area contributed by atoms with Crippen LogP contribution in [0.25, 0.3) is 39.1 Å². The zero-order valence-electron chi connectivity index (χ0n) is 16.1. The Morgan fingerprint density at radius 1 is 1.20 bits per heavy atom. The highest BCUT2D eigenvalue weighted by atomic mass is 16.3. The number of hydrogen-bond donors (Lipinski definition) is 2. The van der Waals surface area contributed by atoms with Gasteiger partial charge in [0.05, 0.1) is 11.3 Å². The van der Waals surface area contributed by atoms with E-state index in [0.29, 0.717) is 39.3 Å². The van der Waals surface area contributed by atoms with Crippen LogP contribution in [0.4, 0.5) is 0 Å². The Balaban J connectivity index is 1.48. The Labute approximate surface area is 171 Å². The number of piperidine rings is 1. The van der Waals surface area contributed by atoms with E-state index in [1.54, 1.807) is 28.9 Å². The van der Waals surface area contributed by atoms with Crippen LogP contribution in [-0.2, 0) is 0 Å². The van der Waals surface area contributed by atoms with Crippen LogP contribution in [0.3, 0.4) is 0 Å². The zero-order valence-corrected chi connectivity index (χ0v) is 16.1. The summed E-state index contributed by atoms with van der Waals surface area (Å²) in [5, 5.41) is 8.81. The van der Waals surface area contributed by atoms with Crippen LogP contribution < -0.4 is 16.3 Å². The smallest absolute Gasteiger partial charge is 0.294 e. The summed E-state index contributed by atoms with van der Waals surface area (Å²) in [6.45, 7) is 2.01. The lowest BCUT2D eigenvalue weighted by Crippen LogP contribution is -2.26. The molecule has 2 radical (unpaired) electrons. The van der Waals surface area contributed by atoms with Gasteiger partial charge in [0.2, 0.25) is 5.58 Å². The van der Waals surface area contributed by atoms with Crippen molar-refractivity contribution in [2.45, 2.75) is 18.8 Å². The molecular weight excluding hydrogens is 379 g/mol. The largest absolute Gasteiger partial charge is 0.449 e. The lowest BCUT2D eigenvalue weighted by molar-refractivity contribution is 0.452. The molecule has 0 amide bonds. The lowest BCUT2D eigenvalue weighted by atomic mass is 9.95. The van der Waals surface area contributed by atoms with E-state index < -0.39 is 0 Å². The molecule has 0 saturated carbocycles. The van der Waals surface area contributed by atoms with Gasteiger partial charge in [-0.05, 0) is 32.0 Å². The van der Waals surface area contributed by atoms with Gasteiger partial charge in [-0.3, -0.25) is 4.79 Å². The summed E-state index contributed by atoms with van der Waals surface area (Å²) >= 11 is 0. The highest BCUT2D eigenvalue weighted by molar-refractivity contribution is 6.33. The third-order valence-electron chi connectivity index (χ3n) is 5.71. The SMILES string of the molecule is [B]c1ccc2oc3c(=O)[nH]c(-c4cnc5cc(C6CCNCC6)nn5c4)nc3c2c1. The van der Waals surface area contributed by atoms with Crippen molar-refractivity contribution in [3.05, 3.63) is 52.7 Å².